The van der Waals surface area contributed by atoms with Crippen LogP contribution in [0.2, 0.25) is 0 Å². The Balaban J connectivity index is 2.36. The van der Waals surface area contributed by atoms with Gasteiger partial charge in [0.15, 0.2) is 11.4 Å². The standard InChI is InChI=1S/C25H44O8/c1-3-4-5-9-12-15-24(32-19-20-33-24)16-13-10-7-6-8-11-14-21(22(26)27)25(30,23(28)29)17-18-31-2/h11,14,21,30H,3-10,12-13,15-20H2,1-2H3,(H,26,27)(H,28,29)/b14-11+/t21-,25+/m1/s1. The van der Waals surface area contributed by atoms with E-state index in [1.807, 2.05) is 0 Å². The monoisotopic (exact) mass is 472 g/mol. The van der Waals surface area contributed by atoms with Gasteiger partial charge in [-0.05, 0) is 25.7 Å². The van der Waals surface area contributed by atoms with E-state index in [-0.39, 0.29) is 13.0 Å². The number of hydrogen-bond donors (Lipinski definition) is 3. The molecule has 192 valence electrons. The van der Waals surface area contributed by atoms with Gasteiger partial charge in [0.05, 0.1) is 13.2 Å². The van der Waals surface area contributed by atoms with Crippen LogP contribution in [0.4, 0.5) is 0 Å². The highest BCUT2D eigenvalue weighted by molar-refractivity contribution is 5.86. The van der Waals surface area contributed by atoms with Crippen molar-refractivity contribution in [2.75, 3.05) is 26.9 Å². The van der Waals surface area contributed by atoms with Crippen LogP contribution in [-0.2, 0) is 23.8 Å². The van der Waals surface area contributed by atoms with Gasteiger partial charge in [0.2, 0.25) is 0 Å². The Morgan fingerprint density at radius 2 is 1.58 bits per heavy atom. The maximum Gasteiger partial charge on any atom is 0.337 e. The molecule has 1 aliphatic rings. The van der Waals surface area contributed by atoms with Gasteiger partial charge >= 0.3 is 11.9 Å². The fourth-order valence-electron chi connectivity index (χ4n) is 4.25. The molecule has 0 spiro atoms. The van der Waals surface area contributed by atoms with Crippen molar-refractivity contribution in [1.82, 2.24) is 0 Å². The molecule has 0 unspecified atom stereocenters. The van der Waals surface area contributed by atoms with Crippen LogP contribution in [-0.4, -0.2) is 65.6 Å². The highest BCUT2D eigenvalue weighted by Crippen LogP contribution is 2.32. The lowest BCUT2D eigenvalue weighted by atomic mass is 9.84. The van der Waals surface area contributed by atoms with Crippen LogP contribution in [0.1, 0.15) is 90.4 Å². The Morgan fingerprint density at radius 1 is 1.00 bits per heavy atom. The van der Waals surface area contributed by atoms with Gasteiger partial charge in [-0.3, -0.25) is 4.79 Å². The first-order chi connectivity index (χ1) is 15.8. The molecule has 1 rings (SSSR count). The first-order valence-corrected chi connectivity index (χ1v) is 12.4. The van der Waals surface area contributed by atoms with Crippen LogP contribution in [0.3, 0.4) is 0 Å². The molecule has 0 aromatic heterocycles. The average Bonchev–Trinajstić information content (AvgIpc) is 3.24. The van der Waals surface area contributed by atoms with Crippen molar-refractivity contribution in [2.45, 2.75) is 102 Å². The summed E-state index contributed by atoms with van der Waals surface area (Å²) in [6.07, 6.45) is 15.1. The molecule has 1 heterocycles. The number of hydrogen-bond acceptors (Lipinski definition) is 6. The van der Waals surface area contributed by atoms with Crippen molar-refractivity contribution < 1.29 is 39.1 Å². The zero-order chi connectivity index (χ0) is 24.6. The second-order valence-corrected chi connectivity index (χ2v) is 8.94. The van der Waals surface area contributed by atoms with Gasteiger partial charge in [-0.15, -0.1) is 0 Å². The second-order valence-electron chi connectivity index (χ2n) is 8.94. The smallest absolute Gasteiger partial charge is 0.337 e. The summed E-state index contributed by atoms with van der Waals surface area (Å²) in [5.41, 5.74) is -2.40. The third kappa shape index (κ3) is 10.5. The largest absolute Gasteiger partial charge is 0.481 e. The predicted molar refractivity (Wildman–Crippen MR) is 125 cm³/mol. The van der Waals surface area contributed by atoms with E-state index in [1.54, 1.807) is 6.08 Å². The molecular formula is C25H44O8. The molecule has 33 heavy (non-hydrogen) atoms. The van der Waals surface area contributed by atoms with Crippen molar-refractivity contribution in [1.29, 1.82) is 0 Å². The molecule has 0 amide bonds. The van der Waals surface area contributed by atoms with Gasteiger partial charge in [0.25, 0.3) is 0 Å². The zero-order valence-corrected chi connectivity index (χ0v) is 20.4. The van der Waals surface area contributed by atoms with Crippen LogP contribution in [0.15, 0.2) is 12.2 Å². The first kappa shape index (κ1) is 29.6. The van der Waals surface area contributed by atoms with Gasteiger partial charge in [0.1, 0.15) is 5.92 Å². The number of carboxylic acids is 2. The van der Waals surface area contributed by atoms with Crippen LogP contribution in [0.5, 0.6) is 0 Å². The van der Waals surface area contributed by atoms with Crippen LogP contribution in [0.25, 0.3) is 0 Å². The van der Waals surface area contributed by atoms with Crippen LogP contribution in [0, 0.1) is 5.92 Å². The normalized spacial score (nSPS) is 18.4. The molecule has 1 aliphatic heterocycles. The average molecular weight is 473 g/mol. The number of carbonyl (C=O) groups is 2. The van der Waals surface area contributed by atoms with Crippen LogP contribution < -0.4 is 0 Å². The zero-order valence-electron chi connectivity index (χ0n) is 20.4. The molecule has 3 N–H and O–H groups in total. The van der Waals surface area contributed by atoms with Crippen molar-refractivity contribution in [3.8, 4) is 0 Å². The molecule has 0 saturated carbocycles. The minimum atomic E-state index is -2.40. The van der Waals surface area contributed by atoms with E-state index < -0.39 is 29.2 Å². The van der Waals surface area contributed by atoms with Crippen molar-refractivity contribution in [3.05, 3.63) is 12.2 Å². The van der Waals surface area contributed by atoms with E-state index in [2.05, 4.69) is 6.92 Å². The minimum absolute atomic E-state index is 0.0475. The van der Waals surface area contributed by atoms with Gasteiger partial charge in [-0.2, -0.15) is 0 Å². The SMILES string of the molecule is CCCCCCCC1(CCCCCC/C=C/[C@H](C(=O)O)[C@@](O)(CCOC)C(=O)O)OCCO1. The number of unbranched alkanes of at least 4 members (excludes halogenated alkanes) is 8. The third-order valence-corrected chi connectivity index (χ3v) is 6.32. The summed E-state index contributed by atoms with van der Waals surface area (Å²) in [6.45, 7) is 3.49. The predicted octanol–water partition coefficient (Wildman–Crippen LogP) is 4.54. The maximum absolute atomic E-state index is 11.6. The summed E-state index contributed by atoms with van der Waals surface area (Å²) >= 11 is 0. The van der Waals surface area contributed by atoms with E-state index in [0.29, 0.717) is 19.6 Å². The Kier molecular flexibility index (Phi) is 14.5. The number of aliphatic hydroxyl groups is 1. The van der Waals surface area contributed by atoms with E-state index >= 15 is 0 Å². The lowest BCUT2D eigenvalue weighted by Gasteiger charge is -2.27. The molecule has 0 aromatic carbocycles. The summed E-state index contributed by atoms with van der Waals surface area (Å²) in [6, 6.07) is 0. The van der Waals surface area contributed by atoms with E-state index in [4.69, 9.17) is 14.2 Å². The summed E-state index contributed by atoms with van der Waals surface area (Å²) in [5.74, 6) is -4.88. The minimum Gasteiger partial charge on any atom is -0.481 e. The summed E-state index contributed by atoms with van der Waals surface area (Å²) in [5, 5.41) is 29.2. The lowest BCUT2D eigenvalue weighted by molar-refractivity contribution is -0.173. The van der Waals surface area contributed by atoms with Crippen molar-refractivity contribution >= 4 is 11.9 Å². The summed E-state index contributed by atoms with van der Waals surface area (Å²) in [4.78, 5) is 23.1. The van der Waals surface area contributed by atoms with Gasteiger partial charge in [0, 0.05) is 33.0 Å². The number of methoxy groups -OCH3 is 1. The second kappa shape index (κ2) is 16.2. The number of ether oxygens (including phenoxy) is 3. The molecule has 0 bridgehead atoms. The molecule has 0 radical (unpaired) electrons. The third-order valence-electron chi connectivity index (χ3n) is 6.32. The van der Waals surface area contributed by atoms with E-state index in [1.165, 1.54) is 38.9 Å². The fourth-order valence-corrected chi connectivity index (χ4v) is 4.25. The Hall–Kier alpha value is -1.48. The Morgan fingerprint density at radius 3 is 2.09 bits per heavy atom. The number of rotatable bonds is 20. The van der Waals surface area contributed by atoms with Gasteiger partial charge in [-0.1, -0.05) is 57.6 Å². The number of aliphatic carboxylic acids is 2. The van der Waals surface area contributed by atoms with E-state index in [9.17, 15) is 24.9 Å². The Bertz CT molecular complexity index is 585. The summed E-state index contributed by atoms with van der Waals surface area (Å²) in [7, 11) is 1.37. The molecule has 8 nitrogen and oxygen atoms in total. The Labute approximate surface area is 198 Å². The quantitative estimate of drug-likeness (QED) is 0.174. The highest BCUT2D eigenvalue weighted by Gasteiger charge is 2.46. The van der Waals surface area contributed by atoms with Crippen molar-refractivity contribution in [2.24, 2.45) is 5.92 Å². The first-order valence-electron chi connectivity index (χ1n) is 12.4. The number of allylic oxidation sites excluding steroid dienone is 1. The molecule has 0 aromatic rings. The van der Waals surface area contributed by atoms with Crippen LogP contribution >= 0.6 is 0 Å². The maximum atomic E-state index is 11.6. The number of carboxylic acid groups (broad SMARTS) is 2. The topological polar surface area (TPSA) is 123 Å². The fraction of sp³-hybridized carbons (Fsp3) is 0.840. The molecular weight excluding hydrogens is 428 g/mol. The molecule has 8 heteroatoms. The van der Waals surface area contributed by atoms with Gasteiger partial charge in [-0.25, -0.2) is 4.79 Å². The molecule has 1 saturated heterocycles. The molecule has 2 atom stereocenters. The van der Waals surface area contributed by atoms with Crippen molar-refractivity contribution in [3.63, 3.8) is 0 Å². The highest BCUT2D eigenvalue weighted by atomic mass is 16.7. The lowest BCUT2D eigenvalue weighted by Crippen LogP contribution is -2.49. The molecule has 0 aliphatic carbocycles. The van der Waals surface area contributed by atoms with E-state index in [0.717, 1.165) is 44.9 Å². The summed E-state index contributed by atoms with van der Waals surface area (Å²) < 4.78 is 16.7. The van der Waals surface area contributed by atoms with Gasteiger partial charge < -0.3 is 29.5 Å². The molecule has 1 fully saturated rings.